The van der Waals surface area contributed by atoms with Crippen molar-refractivity contribution in [3.8, 4) is 0 Å². The Labute approximate surface area is 259 Å². The van der Waals surface area contributed by atoms with Crippen molar-refractivity contribution in [3.63, 3.8) is 0 Å². The van der Waals surface area contributed by atoms with Crippen LogP contribution in [-0.4, -0.2) is 37.0 Å². The summed E-state index contributed by atoms with van der Waals surface area (Å²) < 4.78 is 44.4. The Balaban J connectivity index is 0.0000144. The summed E-state index contributed by atoms with van der Waals surface area (Å²) in [6.07, 6.45) is 20.4. The molecule has 1 atom stereocenters. The maximum atomic E-state index is 12.5. The van der Waals surface area contributed by atoms with Crippen LogP contribution in [-0.2, 0) is 19.6 Å². The summed E-state index contributed by atoms with van der Waals surface area (Å²) in [6.45, 7) is 4.18. The van der Waals surface area contributed by atoms with Gasteiger partial charge in [-0.25, -0.2) is 18.0 Å². The first kappa shape index (κ1) is 38.1. The molecule has 1 aromatic rings. The van der Waals surface area contributed by atoms with Gasteiger partial charge in [0.25, 0.3) is 0 Å². The van der Waals surface area contributed by atoms with E-state index in [0.29, 0.717) is 6.42 Å². The second kappa shape index (κ2) is 23.7. The average Bonchev–Trinajstić information content (AvgIpc) is 2.89. The van der Waals surface area contributed by atoms with Crippen molar-refractivity contribution in [2.75, 3.05) is 6.61 Å². The Morgan fingerprint density at radius 1 is 0.692 bits per heavy atom. The number of hydrogen-bond acceptors (Lipinski definition) is 7. The van der Waals surface area contributed by atoms with Crippen molar-refractivity contribution in [1.29, 1.82) is 0 Å². The van der Waals surface area contributed by atoms with Crippen molar-refractivity contribution >= 4 is 22.1 Å². The molecule has 0 aliphatic rings. The van der Waals surface area contributed by atoms with Gasteiger partial charge >= 0.3 is 41.5 Å². The van der Waals surface area contributed by atoms with Gasteiger partial charge < -0.3 is 14.0 Å². The van der Waals surface area contributed by atoms with E-state index in [0.717, 1.165) is 19.3 Å². The molecular formula is C30H49NaO7S. The maximum Gasteiger partial charge on any atom is 1.00 e. The van der Waals surface area contributed by atoms with Crippen LogP contribution in [0, 0.1) is 0 Å². The number of rotatable bonds is 23. The Morgan fingerprint density at radius 2 is 1.10 bits per heavy atom. The summed E-state index contributed by atoms with van der Waals surface area (Å²) in [7, 11) is -4.81. The minimum Gasteiger partial charge on any atom is -0.745 e. The number of esters is 2. The third-order valence-corrected chi connectivity index (χ3v) is 7.66. The molecule has 9 heteroatoms. The fourth-order valence-corrected chi connectivity index (χ4v) is 5.14. The maximum absolute atomic E-state index is 12.5. The van der Waals surface area contributed by atoms with Crippen molar-refractivity contribution < 1.29 is 61.6 Å². The van der Waals surface area contributed by atoms with Crippen LogP contribution in [0.2, 0.25) is 0 Å². The quantitative estimate of drug-likeness (QED) is 0.0786. The average molecular weight is 577 g/mol. The molecule has 0 heterocycles. The van der Waals surface area contributed by atoms with Crippen molar-refractivity contribution in [1.82, 2.24) is 0 Å². The van der Waals surface area contributed by atoms with Crippen LogP contribution in [0.15, 0.2) is 24.3 Å². The molecule has 0 saturated heterocycles. The zero-order valence-corrected chi connectivity index (χ0v) is 27.4. The summed E-state index contributed by atoms with van der Waals surface area (Å²) in [5.41, 5.74) is -1.91. The summed E-state index contributed by atoms with van der Waals surface area (Å²) in [5, 5.41) is 0. The van der Waals surface area contributed by atoms with Gasteiger partial charge in [0.15, 0.2) is 5.44 Å². The standard InChI is InChI=1S/C30H50O7S.Na/c1-3-5-6-7-8-9-10-11-12-13-14-15-16-17-18-21-25-36-29(31)26-23-19-20-24-27(26)30(32)37-28(22-4-2)38(33,34)35;/h19-20,23-24,28H,3-18,21-22,25H2,1-2H3,(H,33,34,35);/q;+1/p-1. The van der Waals surface area contributed by atoms with E-state index in [1.54, 1.807) is 13.0 Å². The van der Waals surface area contributed by atoms with Crippen LogP contribution < -0.4 is 29.6 Å². The van der Waals surface area contributed by atoms with Gasteiger partial charge in [0.05, 0.1) is 17.7 Å². The van der Waals surface area contributed by atoms with E-state index < -0.39 is 27.5 Å². The van der Waals surface area contributed by atoms with E-state index in [1.165, 1.54) is 102 Å². The molecule has 1 aromatic carbocycles. The predicted octanol–water partition coefficient (Wildman–Crippen LogP) is 4.94. The molecule has 0 N–H and O–H groups in total. The number of carbonyl (C=O) groups excluding carboxylic acids is 2. The molecule has 39 heavy (non-hydrogen) atoms. The molecule has 0 bridgehead atoms. The Morgan fingerprint density at radius 3 is 1.51 bits per heavy atom. The molecule has 0 saturated carbocycles. The van der Waals surface area contributed by atoms with Gasteiger partial charge in [-0.05, 0) is 25.0 Å². The summed E-state index contributed by atoms with van der Waals surface area (Å²) in [6, 6.07) is 5.89. The van der Waals surface area contributed by atoms with Crippen LogP contribution >= 0.6 is 0 Å². The molecule has 0 spiro atoms. The topological polar surface area (TPSA) is 110 Å². The van der Waals surface area contributed by atoms with Crippen LogP contribution in [0.4, 0.5) is 0 Å². The molecule has 218 valence electrons. The number of carbonyl (C=O) groups is 2. The zero-order valence-electron chi connectivity index (χ0n) is 24.6. The van der Waals surface area contributed by atoms with Gasteiger partial charge in [-0.3, -0.25) is 0 Å². The molecule has 0 aliphatic carbocycles. The molecule has 0 aliphatic heterocycles. The molecule has 7 nitrogen and oxygen atoms in total. The van der Waals surface area contributed by atoms with E-state index in [1.807, 2.05) is 0 Å². The fourth-order valence-electron chi connectivity index (χ4n) is 4.41. The second-order valence-corrected chi connectivity index (χ2v) is 11.6. The van der Waals surface area contributed by atoms with E-state index in [4.69, 9.17) is 9.47 Å². The van der Waals surface area contributed by atoms with Crippen molar-refractivity contribution in [3.05, 3.63) is 35.4 Å². The number of hydrogen-bond donors (Lipinski definition) is 0. The van der Waals surface area contributed by atoms with E-state index in [-0.39, 0.29) is 53.7 Å². The third-order valence-electron chi connectivity index (χ3n) is 6.68. The third kappa shape index (κ3) is 18.2. The van der Waals surface area contributed by atoms with Gasteiger partial charge in [0.2, 0.25) is 0 Å². The largest absolute Gasteiger partial charge is 1.00 e. The minimum absolute atomic E-state index is 0. The minimum atomic E-state index is -4.81. The van der Waals surface area contributed by atoms with Crippen molar-refractivity contribution in [2.24, 2.45) is 0 Å². The van der Waals surface area contributed by atoms with E-state index in [9.17, 15) is 22.6 Å². The van der Waals surface area contributed by atoms with E-state index >= 15 is 0 Å². The molecule has 0 radical (unpaired) electrons. The second-order valence-electron chi connectivity index (χ2n) is 10.1. The van der Waals surface area contributed by atoms with E-state index in [2.05, 4.69) is 6.92 Å². The zero-order chi connectivity index (χ0) is 28.1. The molecule has 0 amide bonds. The number of benzene rings is 1. The smallest absolute Gasteiger partial charge is 0.745 e. The van der Waals surface area contributed by atoms with Crippen LogP contribution in [0.5, 0.6) is 0 Å². The number of unbranched alkanes of at least 4 members (excludes halogenated alkanes) is 15. The Hall–Kier alpha value is -0.930. The van der Waals surface area contributed by atoms with Gasteiger partial charge in [0, 0.05) is 0 Å². The summed E-state index contributed by atoms with van der Waals surface area (Å²) in [4.78, 5) is 25.0. The molecule has 1 unspecified atom stereocenters. The SMILES string of the molecule is CCCCCCCCCCCCCCCCCCOC(=O)c1ccccc1C(=O)OC(CCC)S(=O)(=O)[O-].[Na+]. The first-order chi connectivity index (χ1) is 18.3. The Kier molecular flexibility index (Phi) is 23.2. The van der Waals surface area contributed by atoms with Crippen LogP contribution in [0.3, 0.4) is 0 Å². The van der Waals surface area contributed by atoms with Crippen molar-refractivity contribution in [2.45, 2.75) is 135 Å². The molecular weight excluding hydrogens is 527 g/mol. The van der Waals surface area contributed by atoms with Crippen LogP contribution in [0.1, 0.15) is 150 Å². The van der Waals surface area contributed by atoms with Gasteiger partial charge in [-0.15, -0.1) is 0 Å². The monoisotopic (exact) mass is 576 g/mol. The molecule has 1 rings (SSSR count). The normalized spacial score (nSPS) is 12.0. The Bertz CT molecular complexity index is 889. The number of ether oxygens (including phenoxy) is 2. The van der Waals surface area contributed by atoms with Gasteiger partial charge in [-0.2, -0.15) is 0 Å². The predicted molar refractivity (Wildman–Crippen MR) is 150 cm³/mol. The molecule has 0 aromatic heterocycles. The van der Waals surface area contributed by atoms with Gasteiger partial charge in [0.1, 0.15) is 10.1 Å². The summed E-state index contributed by atoms with van der Waals surface area (Å²) >= 11 is 0. The molecule has 0 fully saturated rings. The first-order valence-electron chi connectivity index (χ1n) is 14.7. The fraction of sp³-hybridized carbons (Fsp3) is 0.733. The summed E-state index contributed by atoms with van der Waals surface area (Å²) in [5.74, 6) is -1.70. The van der Waals surface area contributed by atoms with Crippen LogP contribution in [0.25, 0.3) is 0 Å². The van der Waals surface area contributed by atoms with Gasteiger partial charge in [-0.1, -0.05) is 129 Å². The first-order valence-corrected chi connectivity index (χ1v) is 16.2.